The molecule has 7 nitrogen and oxygen atoms in total. The summed E-state index contributed by atoms with van der Waals surface area (Å²) in [5, 5.41) is -0.615. The fourth-order valence-electron chi connectivity index (χ4n) is 8.52. The van der Waals surface area contributed by atoms with E-state index in [-0.39, 0.29) is 34.3 Å². The summed E-state index contributed by atoms with van der Waals surface area (Å²) in [6, 6.07) is 8.78. The molecule has 2 aromatic rings. The van der Waals surface area contributed by atoms with E-state index in [1.807, 2.05) is 13.0 Å². The first kappa shape index (κ1) is 32.0. The standard InChI is InChI=1S/C36H44ClFN2O5S/c1-4-14-44-34-26-15-25(16-26)21(2)22(3)46(42,43)39-35(41)23-8-12-32-31(17-23)40(18-24-7-9-27(24)34)19-36(20-45-32)13-5-6-28-29(36)10-11-30(37)33(28)38/h8,10-12,15,17,21-22,24-25,27,34H,4-7,9,13-14,16,18-20H2,1-3H3,(H,39,41)/t21-,22-,24+,25+,27-,34+,36+/m1/s1. The van der Waals surface area contributed by atoms with E-state index in [1.165, 1.54) is 5.57 Å². The van der Waals surface area contributed by atoms with E-state index < -0.39 is 26.6 Å². The molecule has 1 saturated carbocycles. The van der Waals surface area contributed by atoms with E-state index >= 15 is 4.39 Å². The van der Waals surface area contributed by atoms with Crippen LogP contribution < -0.4 is 14.4 Å². The highest BCUT2D eigenvalue weighted by molar-refractivity contribution is 7.90. The Hall–Kier alpha value is -2.62. The van der Waals surface area contributed by atoms with E-state index in [0.29, 0.717) is 49.3 Å². The lowest BCUT2D eigenvalue weighted by atomic mass is 9.64. The fraction of sp³-hybridized carbons (Fsp3) is 0.583. The number of carbonyl (C=O) groups excluding carboxylic acids is 1. The maximum Gasteiger partial charge on any atom is 0.264 e. The number of benzene rings is 2. The molecule has 0 radical (unpaired) electrons. The second-order valence-corrected chi connectivity index (χ2v) is 16.8. The monoisotopic (exact) mass is 670 g/mol. The number of hydrogen-bond donors (Lipinski definition) is 1. The molecule has 7 atom stereocenters. The third-order valence-electron chi connectivity index (χ3n) is 11.6. The topological polar surface area (TPSA) is 84.9 Å². The van der Waals surface area contributed by atoms with Crippen molar-refractivity contribution in [1.29, 1.82) is 0 Å². The van der Waals surface area contributed by atoms with Crippen LogP contribution in [0.5, 0.6) is 5.75 Å². The number of nitrogens with zero attached hydrogens (tertiary/aromatic N) is 1. The van der Waals surface area contributed by atoms with Crippen LogP contribution >= 0.6 is 11.6 Å². The second-order valence-electron chi connectivity index (χ2n) is 14.3. The van der Waals surface area contributed by atoms with Crippen LogP contribution in [0.3, 0.4) is 0 Å². The Morgan fingerprint density at radius 2 is 2.00 bits per heavy atom. The van der Waals surface area contributed by atoms with Gasteiger partial charge in [0.05, 0.1) is 28.7 Å². The number of rotatable bonds is 3. The van der Waals surface area contributed by atoms with Crippen LogP contribution in [0.1, 0.15) is 80.8 Å². The van der Waals surface area contributed by atoms with Gasteiger partial charge in [0.25, 0.3) is 5.91 Å². The van der Waals surface area contributed by atoms with Gasteiger partial charge >= 0.3 is 0 Å². The zero-order chi connectivity index (χ0) is 32.4. The molecule has 1 amide bonds. The molecule has 1 spiro atoms. The maximum absolute atomic E-state index is 15.4. The number of amides is 1. The number of ether oxygens (including phenoxy) is 2. The van der Waals surface area contributed by atoms with Crippen LogP contribution in [-0.4, -0.2) is 52.0 Å². The number of anilines is 1. The first-order chi connectivity index (χ1) is 22.0. The fourth-order valence-corrected chi connectivity index (χ4v) is 10.0. The molecule has 3 aliphatic carbocycles. The van der Waals surface area contributed by atoms with Gasteiger partial charge in [-0.2, -0.15) is 0 Å². The van der Waals surface area contributed by atoms with Crippen molar-refractivity contribution in [2.45, 2.75) is 82.5 Å². The van der Waals surface area contributed by atoms with E-state index in [1.54, 1.807) is 31.2 Å². The summed E-state index contributed by atoms with van der Waals surface area (Å²) >= 11 is 6.24. The van der Waals surface area contributed by atoms with Gasteiger partial charge in [-0.1, -0.05) is 37.6 Å². The quantitative estimate of drug-likeness (QED) is 0.361. The highest BCUT2D eigenvalue weighted by Crippen LogP contribution is 2.50. The highest BCUT2D eigenvalue weighted by Gasteiger charge is 2.47. The normalized spacial score (nSPS) is 33.3. The van der Waals surface area contributed by atoms with Gasteiger partial charge in [-0.25, -0.2) is 17.5 Å². The predicted molar refractivity (Wildman–Crippen MR) is 178 cm³/mol. The molecule has 0 saturated heterocycles. The van der Waals surface area contributed by atoms with Gasteiger partial charge in [0.2, 0.25) is 10.0 Å². The largest absolute Gasteiger partial charge is 0.490 e. The Bertz CT molecular complexity index is 1680. The predicted octanol–water partition coefficient (Wildman–Crippen LogP) is 6.82. The first-order valence-corrected chi connectivity index (χ1v) is 18.8. The Morgan fingerprint density at radius 1 is 1.20 bits per heavy atom. The summed E-state index contributed by atoms with van der Waals surface area (Å²) in [7, 11) is -3.94. The molecule has 4 bridgehead atoms. The molecule has 46 heavy (non-hydrogen) atoms. The number of carbonyl (C=O) groups is 1. The Balaban J connectivity index is 1.32. The molecule has 0 unspecified atom stereocenters. The average molecular weight is 671 g/mol. The molecule has 3 heterocycles. The zero-order valence-corrected chi connectivity index (χ0v) is 28.4. The number of nitrogens with one attached hydrogen (secondary N) is 1. The van der Waals surface area contributed by atoms with Crippen LogP contribution in [0.25, 0.3) is 0 Å². The molecule has 1 fully saturated rings. The van der Waals surface area contributed by atoms with Gasteiger partial charge in [-0.05, 0) is 117 Å². The second kappa shape index (κ2) is 12.1. The van der Waals surface area contributed by atoms with Crippen LogP contribution in [-0.2, 0) is 26.6 Å². The van der Waals surface area contributed by atoms with Crippen molar-refractivity contribution in [3.05, 3.63) is 69.5 Å². The summed E-state index contributed by atoms with van der Waals surface area (Å²) in [5.74, 6) is 0.302. The minimum absolute atomic E-state index is 0.0105. The van der Waals surface area contributed by atoms with E-state index in [0.717, 1.165) is 56.3 Å². The molecule has 1 N–H and O–H groups in total. The molecule has 8 rings (SSSR count). The van der Waals surface area contributed by atoms with Crippen molar-refractivity contribution < 1.29 is 27.1 Å². The number of allylic oxidation sites excluding steroid dienone is 1. The molecule has 3 aliphatic heterocycles. The third kappa shape index (κ3) is 5.44. The summed E-state index contributed by atoms with van der Waals surface area (Å²) in [6.07, 6.45) is 8.39. The molecule has 10 heteroatoms. The van der Waals surface area contributed by atoms with Gasteiger partial charge in [0.1, 0.15) is 11.6 Å². The van der Waals surface area contributed by atoms with Gasteiger partial charge in [-0.15, -0.1) is 0 Å². The van der Waals surface area contributed by atoms with Crippen molar-refractivity contribution in [2.75, 3.05) is 31.2 Å². The summed E-state index contributed by atoms with van der Waals surface area (Å²) < 4.78 is 57.7. The van der Waals surface area contributed by atoms with Gasteiger partial charge < -0.3 is 14.4 Å². The smallest absolute Gasteiger partial charge is 0.264 e. The lowest BCUT2D eigenvalue weighted by molar-refractivity contribution is -0.0263. The SMILES string of the molecule is CCCO[C@H]1C2=C[C@@H](C2)[C@H](C)[C@@H](C)S(=O)(=O)NC(=O)c2ccc3c(c2)N(C[C@@H]2CC[C@H]21)C[C@@]1(CCCc2c1ccc(Cl)c2F)CO3. The summed E-state index contributed by atoms with van der Waals surface area (Å²) in [6.45, 7) is 8.13. The van der Waals surface area contributed by atoms with E-state index in [9.17, 15) is 13.2 Å². The maximum atomic E-state index is 15.4. The minimum Gasteiger partial charge on any atom is -0.490 e. The summed E-state index contributed by atoms with van der Waals surface area (Å²) in [5.41, 5.74) is 3.42. The lowest BCUT2D eigenvalue weighted by Gasteiger charge is -2.48. The molecule has 0 aromatic heterocycles. The van der Waals surface area contributed by atoms with E-state index in [2.05, 4.69) is 22.6 Å². The van der Waals surface area contributed by atoms with E-state index in [4.69, 9.17) is 21.1 Å². The Morgan fingerprint density at radius 3 is 2.74 bits per heavy atom. The lowest BCUT2D eigenvalue weighted by Crippen LogP contribution is -2.51. The number of hydrogen-bond acceptors (Lipinski definition) is 6. The molecule has 6 aliphatic rings. The molecular formula is C36H44ClFN2O5S. The van der Waals surface area contributed by atoms with Gasteiger partial charge in [0, 0.05) is 30.7 Å². The third-order valence-corrected chi connectivity index (χ3v) is 13.8. The van der Waals surface area contributed by atoms with Gasteiger partial charge in [-0.3, -0.25) is 4.79 Å². The van der Waals surface area contributed by atoms with Crippen LogP contribution in [0, 0.1) is 29.5 Å². The van der Waals surface area contributed by atoms with Crippen molar-refractivity contribution in [1.82, 2.24) is 4.72 Å². The molecule has 2 aromatic carbocycles. The number of halogens is 2. The van der Waals surface area contributed by atoms with Crippen LogP contribution in [0.2, 0.25) is 5.02 Å². The van der Waals surface area contributed by atoms with Crippen LogP contribution in [0.4, 0.5) is 10.1 Å². The van der Waals surface area contributed by atoms with Crippen molar-refractivity contribution in [3.8, 4) is 5.75 Å². The minimum atomic E-state index is -3.94. The molecule has 248 valence electrons. The van der Waals surface area contributed by atoms with Crippen molar-refractivity contribution in [2.24, 2.45) is 23.7 Å². The van der Waals surface area contributed by atoms with Crippen LogP contribution in [0.15, 0.2) is 42.0 Å². The Labute approximate surface area is 276 Å². The summed E-state index contributed by atoms with van der Waals surface area (Å²) in [4.78, 5) is 15.8. The highest BCUT2D eigenvalue weighted by atomic mass is 35.5. The number of sulfonamides is 1. The first-order valence-electron chi connectivity index (χ1n) is 16.9. The Kier molecular flexibility index (Phi) is 8.42. The van der Waals surface area contributed by atoms with Crippen molar-refractivity contribution in [3.63, 3.8) is 0 Å². The van der Waals surface area contributed by atoms with Crippen molar-refractivity contribution >= 4 is 33.2 Å². The average Bonchev–Trinajstić information content (AvgIpc) is 3.15. The number of fused-ring (bicyclic) bond motifs is 6. The zero-order valence-electron chi connectivity index (χ0n) is 26.9. The molecular weight excluding hydrogens is 627 g/mol. The van der Waals surface area contributed by atoms with Gasteiger partial charge in [0.15, 0.2) is 0 Å².